The molecule has 1 saturated carbocycles. The van der Waals surface area contributed by atoms with Crippen molar-refractivity contribution in [1.29, 1.82) is 5.26 Å². The van der Waals surface area contributed by atoms with E-state index in [1.54, 1.807) is 6.92 Å². The van der Waals surface area contributed by atoms with Crippen LogP contribution in [0.25, 0.3) is 0 Å². The van der Waals surface area contributed by atoms with Gasteiger partial charge in [-0.2, -0.15) is 5.26 Å². The van der Waals surface area contributed by atoms with Gasteiger partial charge in [-0.3, -0.25) is 14.5 Å². The fourth-order valence-corrected chi connectivity index (χ4v) is 3.19. The zero-order valence-electron chi connectivity index (χ0n) is 14.8. The van der Waals surface area contributed by atoms with Crippen LogP contribution in [0.15, 0.2) is 0 Å². The third-order valence-corrected chi connectivity index (χ3v) is 5.46. The van der Waals surface area contributed by atoms with Gasteiger partial charge in [0.15, 0.2) is 0 Å². The molecular formula is C17H26N4O3. The Hall–Kier alpha value is -2.10. The number of carbonyl (C=O) groups excluding carboxylic acids is 3. The molecule has 7 heteroatoms. The van der Waals surface area contributed by atoms with Crippen LogP contribution in [0.3, 0.4) is 0 Å². The number of nitrogens with zero attached hydrogens (tertiary/aromatic N) is 2. The third kappa shape index (κ3) is 3.23. The largest absolute Gasteiger partial charge is 0.336 e. The maximum absolute atomic E-state index is 12.7. The molecule has 132 valence electrons. The molecule has 2 N–H and O–H groups in total. The van der Waals surface area contributed by atoms with Crippen LogP contribution in [-0.2, 0) is 9.59 Å². The van der Waals surface area contributed by atoms with Crippen molar-refractivity contribution in [1.82, 2.24) is 15.5 Å². The Morgan fingerprint density at radius 3 is 2.54 bits per heavy atom. The highest BCUT2D eigenvalue weighted by atomic mass is 16.2. The molecule has 0 radical (unpaired) electrons. The molecule has 4 amide bonds. The normalized spacial score (nSPS) is 29.3. The molecule has 1 spiro atoms. The van der Waals surface area contributed by atoms with Gasteiger partial charge in [-0.15, -0.1) is 0 Å². The summed E-state index contributed by atoms with van der Waals surface area (Å²) >= 11 is 0. The zero-order chi connectivity index (χ0) is 18.1. The number of hydrogen-bond donors (Lipinski definition) is 2. The number of amides is 4. The number of nitriles is 1. The minimum atomic E-state index is -1.03. The van der Waals surface area contributed by atoms with E-state index in [1.165, 1.54) is 0 Å². The number of carbonyl (C=O) groups is 3. The molecule has 7 nitrogen and oxygen atoms in total. The molecule has 2 aliphatic rings. The second kappa shape index (κ2) is 6.42. The molecule has 0 aromatic heterocycles. The van der Waals surface area contributed by atoms with Crippen LogP contribution in [0, 0.1) is 23.2 Å². The predicted octanol–water partition coefficient (Wildman–Crippen LogP) is 1.54. The summed E-state index contributed by atoms with van der Waals surface area (Å²) < 4.78 is 0. The van der Waals surface area contributed by atoms with E-state index in [0.29, 0.717) is 18.8 Å². The highest BCUT2D eigenvalue weighted by Gasteiger charge is 2.52. The van der Waals surface area contributed by atoms with Gasteiger partial charge in [0.25, 0.3) is 5.91 Å². The number of rotatable bonds is 4. The molecule has 1 atom stereocenters. The lowest BCUT2D eigenvalue weighted by molar-refractivity contribution is -0.136. The SMILES string of the molecule is CC1CCC2(CC1)NC(=O)N(CC(=O)N[C@@](C)(C#N)C(C)C)C2=O. The quantitative estimate of drug-likeness (QED) is 0.761. The summed E-state index contributed by atoms with van der Waals surface area (Å²) in [5, 5.41) is 14.7. The Kier molecular flexibility index (Phi) is 4.88. The first-order valence-corrected chi connectivity index (χ1v) is 8.50. The second-order valence-electron chi connectivity index (χ2n) is 7.60. The van der Waals surface area contributed by atoms with Gasteiger partial charge in [-0.1, -0.05) is 20.8 Å². The van der Waals surface area contributed by atoms with Crippen LogP contribution in [0.1, 0.15) is 53.4 Å². The van der Waals surface area contributed by atoms with Crippen molar-refractivity contribution in [3.05, 3.63) is 0 Å². The van der Waals surface area contributed by atoms with Crippen LogP contribution >= 0.6 is 0 Å². The lowest BCUT2D eigenvalue weighted by Gasteiger charge is -2.33. The summed E-state index contributed by atoms with van der Waals surface area (Å²) in [7, 11) is 0. The van der Waals surface area contributed by atoms with Crippen LogP contribution in [0.4, 0.5) is 4.79 Å². The molecule has 0 aromatic rings. The van der Waals surface area contributed by atoms with E-state index in [4.69, 9.17) is 0 Å². The van der Waals surface area contributed by atoms with Gasteiger partial charge in [0.2, 0.25) is 5.91 Å². The Morgan fingerprint density at radius 2 is 2.04 bits per heavy atom. The van der Waals surface area contributed by atoms with E-state index in [9.17, 15) is 19.6 Å². The van der Waals surface area contributed by atoms with Crippen molar-refractivity contribution in [2.75, 3.05) is 6.54 Å². The van der Waals surface area contributed by atoms with E-state index in [2.05, 4.69) is 23.6 Å². The topological polar surface area (TPSA) is 102 Å². The van der Waals surface area contributed by atoms with Crippen molar-refractivity contribution in [2.24, 2.45) is 11.8 Å². The highest BCUT2D eigenvalue weighted by molar-refractivity contribution is 6.09. The summed E-state index contributed by atoms with van der Waals surface area (Å²) in [6.45, 7) is 7.07. The predicted molar refractivity (Wildman–Crippen MR) is 87.6 cm³/mol. The van der Waals surface area contributed by atoms with Gasteiger partial charge in [-0.25, -0.2) is 4.79 Å². The monoisotopic (exact) mass is 334 g/mol. The van der Waals surface area contributed by atoms with Crippen LogP contribution in [-0.4, -0.2) is 40.4 Å². The fourth-order valence-electron chi connectivity index (χ4n) is 3.19. The summed E-state index contributed by atoms with van der Waals surface area (Å²) in [6.07, 6.45) is 2.98. The first-order valence-electron chi connectivity index (χ1n) is 8.50. The Bertz CT molecular complexity index is 587. The maximum atomic E-state index is 12.7. The molecule has 0 aromatic carbocycles. The van der Waals surface area contributed by atoms with Gasteiger partial charge in [0, 0.05) is 0 Å². The maximum Gasteiger partial charge on any atom is 0.325 e. The van der Waals surface area contributed by atoms with E-state index in [-0.39, 0.29) is 18.4 Å². The summed E-state index contributed by atoms with van der Waals surface area (Å²) in [6, 6.07) is 1.56. The van der Waals surface area contributed by atoms with E-state index in [0.717, 1.165) is 17.7 Å². The van der Waals surface area contributed by atoms with Gasteiger partial charge >= 0.3 is 6.03 Å². The molecule has 2 fully saturated rings. The highest BCUT2D eigenvalue weighted by Crippen LogP contribution is 2.36. The Labute approximate surface area is 142 Å². The second-order valence-corrected chi connectivity index (χ2v) is 7.60. The Balaban J connectivity index is 2.05. The summed E-state index contributed by atoms with van der Waals surface area (Å²) in [5.41, 5.74) is -1.88. The van der Waals surface area contributed by atoms with Gasteiger partial charge in [0.05, 0.1) is 6.07 Å². The minimum Gasteiger partial charge on any atom is -0.336 e. The number of nitrogens with one attached hydrogen (secondary N) is 2. The summed E-state index contributed by atoms with van der Waals surface area (Å²) in [4.78, 5) is 38.1. The van der Waals surface area contributed by atoms with Crippen LogP contribution in [0.5, 0.6) is 0 Å². The smallest absolute Gasteiger partial charge is 0.325 e. The lowest BCUT2D eigenvalue weighted by Crippen LogP contribution is -2.53. The minimum absolute atomic E-state index is 0.0965. The van der Waals surface area contributed by atoms with Crippen molar-refractivity contribution >= 4 is 17.8 Å². The first kappa shape index (κ1) is 18.2. The van der Waals surface area contributed by atoms with Gasteiger partial charge < -0.3 is 10.6 Å². The fraction of sp³-hybridized carbons (Fsp3) is 0.765. The lowest BCUT2D eigenvalue weighted by atomic mass is 9.77. The zero-order valence-corrected chi connectivity index (χ0v) is 14.8. The Morgan fingerprint density at radius 1 is 1.46 bits per heavy atom. The standard InChI is InChI=1S/C17H26N4O3/c1-11(2)16(4,10-18)19-13(22)9-21-14(23)17(20-15(21)24)7-5-12(3)6-8-17/h11-12H,5-9H2,1-4H3,(H,19,22)(H,20,24)/t12?,16-,17?/m0/s1. The van der Waals surface area contributed by atoms with E-state index >= 15 is 0 Å². The van der Waals surface area contributed by atoms with Crippen molar-refractivity contribution in [2.45, 2.75) is 64.5 Å². The molecule has 1 heterocycles. The molecule has 1 aliphatic heterocycles. The molecule has 2 rings (SSSR count). The van der Waals surface area contributed by atoms with Crippen molar-refractivity contribution in [3.8, 4) is 6.07 Å². The molecular weight excluding hydrogens is 308 g/mol. The van der Waals surface area contributed by atoms with Crippen LogP contribution < -0.4 is 10.6 Å². The molecule has 0 unspecified atom stereocenters. The van der Waals surface area contributed by atoms with Crippen molar-refractivity contribution < 1.29 is 14.4 Å². The number of imide groups is 1. The van der Waals surface area contributed by atoms with E-state index < -0.39 is 23.0 Å². The molecule has 0 bridgehead atoms. The van der Waals surface area contributed by atoms with Gasteiger partial charge in [0.1, 0.15) is 17.6 Å². The van der Waals surface area contributed by atoms with Gasteiger partial charge in [-0.05, 0) is 44.4 Å². The molecule has 24 heavy (non-hydrogen) atoms. The number of urea groups is 1. The van der Waals surface area contributed by atoms with Crippen molar-refractivity contribution in [3.63, 3.8) is 0 Å². The average molecular weight is 334 g/mol. The molecule has 1 saturated heterocycles. The average Bonchev–Trinajstić information content (AvgIpc) is 2.74. The number of hydrogen-bond acceptors (Lipinski definition) is 4. The van der Waals surface area contributed by atoms with E-state index in [1.807, 2.05) is 13.8 Å². The van der Waals surface area contributed by atoms with Crippen LogP contribution in [0.2, 0.25) is 0 Å². The first-order chi connectivity index (χ1) is 11.1. The summed E-state index contributed by atoms with van der Waals surface area (Å²) in [5.74, 6) is -0.379. The molecule has 1 aliphatic carbocycles. The third-order valence-electron chi connectivity index (χ3n) is 5.46.